The third-order valence-electron chi connectivity index (χ3n) is 6.17. The summed E-state index contributed by atoms with van der Waals surface area (Å²) in [6, 6.07) is 14.8. The van der Waals surface area contributed by atoms with E-state index in [0.717, 1.165) is 33.4 Å². The highest BCUT2D eigenvalue weighted by Crippen LogP contribution is 2.38. The zero-order chi connectivity index (χ0) is 29.0. The summed E-state index contributed by atoms with van der Waals surface area (Å²) in [4.78, 5) is 49.7. The standard InChI is InChI=1S/C28H24BrN3O7S/c1-16-5-4-6-22(17(16)2)30-26(33)14-31-27(34)25(40-28(31)35)12-19-11-23(38-3)24(13-21(19)29)39-15-18-7-9-20(10-8-18)32(36)37/h4-13H,14-15H2,1-3H3,(H,30,33)/b25-12+. The number of amides is 3. The molecule has 0 aliphatic carbocycles. The second kappa shape index (κ2) is 12.3. The Morgan fingerprint density at radius 1 is 1.12 bits per heavy atom. The topological polar surface area (TPSA) is 128 Å². The highest BCUT2D eigenvalue weighted by Gasteiger charge is 2.36. The number of hydrogen-bond donors (Lipinski definition) is 1. The fourth-order valence-electron chi connectivity index (χ4n) is 3.81. The Balaban J connectivity index is 1.46. The zero-order valence-corrected chi connectivity index (χ0v) is 24.1. The number of rotatable bonds is 9. The second-order valence-electron chi connectivity index (χ2n) is 8.80. The Kier molecular flexibility index (Phi) is 8.90. The Labute approximate surface area is 242 Å². The molecule has 1 fully saturated rings. The molecular weight excluding hydrogens is 602 g/mol. The van der Waals surface area contributed by atoms with Crippen molar-refractivity contribution in [3.63, 3.8) is 0 Å². The molecule has 3 amide bonds. The van der Waals surface area contributed by atoms with Crippen LogP contribution in [0, 0.1) is 24.0 Å². The van der Waals surface area contributed by atoms with Gasteiger partial charge in [0, 0.05) is 22.3 Å². The lowest BCUT2D eigenvalue weighted by atomic mass is 10.1. The molecule has 1 heterocycles. The maximum Gasteiger partial charge on any atom is 0.294 e. The first-order valence-electron chi connectivity index (χ1n) is 11.9. The minimum Gasteiger partial charge on any atom is -0.493 e. The predicted octanol–water partition coefficient (Wildman–Crippen LogP) is 6.24. The largest absolute Gasteiger partial charge is 0.493 e. The van der Waals surface area contributed by atoms with Gasteiger partial charge in [0.15, 0.2) is 11.5 Å². The van der Waals surface area contributed by atoms with Crippen LogP contribution in [0.3, 0.4) is 0 Å². The molecule has 3 aromatic rings. The number of carbonyl (C=O) groups excluding carboxylic acids is 3. The first-order chi connectivity index (χ1) is 19.1. The first kappa shape index (κ1) is 28.8. The van der Waals surface area contributed by atoms with E-state index in [2.05, 4.69) is 21.2 Å². The van der Waals surface area contributed by atoms with Crippen molar-refractivity contribution in [2.45, 2.75) is 20.5 Å². The van der Waals surface area contributed by atoms with Crippen LogP contribution in [0.25, 0.3) is 6.08 Å². The van der Waals surface area contributed by atoms with E-state index in [4.69, 9.17) is 9.47 Å². The molecule has 0 unspecified atom stereocenters. The van der Waals surface area contributed by atoms with Gasteiger partial charge in [0.25, 0.3) is 16.8 Å². The maximum absolute atomic E-state index is 13.0. The van der Waals surface area contributed by atoms with E-state index < -0.39 is 28.5 Å². The zero-order valence-electron chi connectivity index (χ0n) is 21.7. The van der Waals surface area contributed by atoms with Crippen LogP contribution in [0.15, 0.2) is 64.0 Å². The molecule has 1 saturated heterocycles. The SMILES string of the molecule is COc1cc(/C=C2/SC(=O)N(CC(=O)Nc3cccc(C)c3C)C2=O)c(Br)cc1OCc1ccc([N+](=O)[O-])cc1. The summed E-state index contributed by atoms with van der Waals surface area (Å²) in [5.41, 5.74) is 3.81. The van der Waals surface area contributed by atoms with Gasteiger partial charge in [0.05, 0.1) is 16.9 Å². The molecule has 1 aliphatic rings. The van der Waals surface area contributed by atoms with Gasteiger partial charge in [-0.1, -0.05) is 28.1 Å². The monoisotopic (exact) mass is 625 g/mol. The number of carbonyl (C=O) groups is 3. The molecule has 1 aliphatic heterocycles. The van der Waals surface area contributed by atoms with Crippen LogP contribution < -0.4 is 14.8 Å². The lowest BCUT2D eigenvalue weighted by Crippen LogP contribution is -2.36. The van der Waals surface area contributed by atoms with Crippen molar-refractivity contribution in [2.24, 2.45) is 0 Å². The summed E-state index contributed by atoms with van der Waals surface area (Å²) in [6.07, 6.45) is 1.54. The van der Waals surface area contributed by atoms with Crippen LogP contribution in [0.2, 0.25) is 0 Å². The van der Waals surface area contributed by atoms with E-state index in [1.165, 1.54) is 19.2 Å². The third-order valence-corrected chi connectivity index (χ3v) is 7.76. The van der Waals surface area contributed by atoms with Gasteiger partial charge in [0.2, 0.25) is 5.91 Å². The Morgan fingerprint density at radius 2 is 1.85 bits per heavy atom. The number of benzene rings is 3. The Bertz CT molecular complexity index is 1540. The second-order valence-corrected chi connectivity index (χ2v) is 10.6. The summed E-state index contributed by atoms with van der Waals surface area (Å²) in [5, 5.41) is 13.1. The number of hydrogen-bond acceptors (Lipinski definition) is 8. The van der Waals surface area contributed by atoms with Crippen LogP contribution in [-0.4, -0.2) is 40.5 Å². The molecule has 0 aromatic heterocycles. The number of ether oxygens (including phenoxy) is 2. The van der Waals surface area contributed by atoms with Crippen molar-refractivity contribution in [3.8, 4) is 11.5 Å². The minimum atomic E-state index is -0.574. The van der Waals surface area contributed by atoms with Gasteiger partial charge in [0.1, 0.15) is 13.2 Å². The van der Waals surface area contributed by atoms with Crippen molar-refractivity contribution in [2.75, 3.05) is 19.0 Å². The number of imide groups is 1. The molecule has 0 spiro atoms. The summed E-state index contributed by atoms with van der Waals surface area (Å²) < 4.78 is 11.9. The number of aryl methyl sites for hydroxylation is 1. The Hall–Kier alpha value is -4.16. The fourth-order valence-corrected chi connectivity index (χ4v) is 5.07. The normalized spacial score (nSPS) is 14.0. The van der Waals surface area contributed by atoms with Gasteiger partial charge in [-0.05, 0) is 84.3 Å². The van der Waals surface area contributed by atoms with Gasteiger partial charge in [-0.15, -0.1) is 0 Å². The summed E-state index contributed by atoms with van der Waals surface area (Å²) in [7, 11) is 1.47. The third kappa shape index (κ3) is 6.52. The van der Waals surface area contributed by atoms with Crippen molar-refractivity contribution >= 4 is 62.2 Å². The molecule has 12 heteroatoms. The summed E-state index contributed by atoms with van der Waals surface area (Å²) in [5.74, 6) is -0.269. The van der Waals surface area contributed by atoms with Gasteiger partial charge < -0.3 is 14.8 Å². The Morgan fingerprint density at radius 3 is 2.52 bits per heavy atom. The molecule has 0 atom stereocenters. The van der Waals surface area contributed by atoms with E-state index in [9.17, 15) is 24.5 Å². The number of methoxy groups -OCH3 is 1. The average molecular weight is 626 g/mol. The number of halogens is 1. The first-order valence-corrected chi connectivity index (χ1v) is 13.5. The van der Waals surface area contributed by atoms with Crippen LogP contribution in [-0.2, 0) is 16.2 Å². The van der Waals surface area contributed by atoms with Crippen LogP contribution >= 0.6 is 27.7 Å². The molecular formula is C28H24BrN3O7S. The maximum atomic E-state index is 13.0. The van der Waals surface area contributed by atoms with Crippen LogP contribution in [0.1, 0.15) is 22.3 Å². The minimum absolute atomic E-state index is 0.0140. The number of nitro groups is 1. The van der Waals surface area contributed by atoms with E-state index in [0.29, 0.717) is 27.2 Å². The number of nitrogens with one attached hydrogen (secondary N) is 1. The van der Waals surface area contributed by atoms with Crippen LogP contribution in [0.5, 0.6) is 11.5 Å². The van der Waals surface area contributed by atoms with E-state index in [1.807, 2.05) is 26.0 Å². The van der Waals surface area contributed by atoms with Gasteiger partial charge in [-0.3, -0.25) is 29.4 Å². The van der Waals surface area contributed by atoms with Crippen molar-refractivity contribution < 1.29 is 28.8 Å². The molecule has 0 radical (unpaired) electrons. The van der Waals surface area contributed by atoms with Crippen molar-refractivity contribution in [3.05, 3.63) is 96.3 Å². The average Bonchev–Trinajstić information content (AvgIpc) is 3.18. The van der Waals surface area contributed by atoms with Crippen LogP contribution in [0.4, 0.5) is 16.2 Å². The van der Waals surface area contributed by atoms with Gasteiger partial charge in [-0.25, -0.2) is 0 Å². The van der Waals surface area contributed by atoms with Crippen molar-refractivity contribution in [1.29, 1.82) is 0 Å². The number of non-ortho nitro benzene ring substituents is 1. The lowest BCUT2D eigenvalue weighted by Gasteiger charge is -2.14. The number of thioether (sulfide) groups is 1. The quantitative estimate of drug-likeness (QED) is 0.168. The lowest BCUT2D eigenvalue weighted by molar-refractivity contribution is -0.384. The molecule has 1 N–H and O–H groups in total. The summed E-state index contributed by atoms with van der Waals surface area (Å²) in [6.45, 7) is 3.54. The number of nitrogens with zero attached hydrogens (tertiary/aromatic N) is 2. The van der Waals surface area contributed by atoms with Crippen molar-refractivity contribution in [1.82, 2.24) is 4.90 Å². The highest BCUT2D eigenvalue weighted by molar-refractivity contribution is 9.10. The molecule has 4 rings (SSSR count). The molecule has 0 saturated carbocycles. The summed E-state index contributed by atoms with van der Waals surface area (Å²) >= 11 is 4.22. The molecule has 3 aromatic carbocycles. The van der Waals surface area contributed by atoms with E-state index >= 15 is 0 Å². The molecule has 0 bridgehead atoms. The van der Waals surface area contributed by atoms with E-state index in [-0.39, 0.29) is 17.2 Å². The predicted molar refractivity (Wildman–Crippen MR) is 155 cm³/mol. The van der Waals surface area contributed by atoms with E-state index in [1.54, 1.807) is 36.4 Å². The number of nitro benzene ring substituents is 1. The number of anilines is 1. The molecule has 40 heavy (non-hydrogen) atoms. The van der Waals surface area contributed by atoms with Gasteiger partial charge >= 0.3 is 0 Å². The molecule has 206 valence electrons. The molecule has 10 nitrogen and oxygen atoms in total. The smallest absolute Gasteiger partial charge is 0.294 e. The fraction of sp³-hybridized carbons (Fsp3) is 0.179. The van der Waals surface area contributed by atoms with Gasteiger partial charge in [-0.2, -0.15) is 0 Å². The highest BCUT2D eigenvalue weighted by atomic mass is 79.9.